The van der Waals surface area contributed by atoms with Crippen molar-refractivity contribution in [1.82, 2.24) is 29.6 Å². The van der Waals surface area contributed by atoms with E-state index in [1.165, 1.54) is 11.0 Å². The van der Waals surface area contributed by atoms with Crippen LogP contribution in [0.15, 0.2) is 45.8 Å². The lowest BCUT2D eigenvalue weighted by atomic mass is 9.93. The first-order valence-electron chi connectivity index (χ1n) is 10.00. The highest BCUT2D eigenvalue weighted by Gasteiger charge is 2.27. The van der Waals surface area contributed by atoms with E-state index in [4.69, 9.17) is 4.52 Å². The van der Waals surface area contributed by atoms with Crippen LogP contribution < -0.4 is 5.56 Å². The number of carboxylic acid groups (broad SMARTS) is 1. The molecule has 0 aliphatic carbocycles. The summed E-state index contributed by atoms with van der Waals surface area (Å²) in [6, 6.07) is 9.25. The predicted molar refractivity (Wildman–Crippen MR) is 111 cm³/mol. The Morgan fingerprint density at radius 1 is 1.23 bits per heavy atom. The van der Waals surface area contributed by atoms with Gasteiger partial charge in [-0.1, -0.05) is 23.4 Å². The van der Waals surface area contributed by atoms with E-state index >= 15 is 0 Å². The van der Waals surface area contributed by atoms with Crippen molar-refractivity contribution >= 4 is 11.7 Å². The molecule has 0 atom stereocenters. The zero-order chi connectivity index (χ0) is 21.5. The zero-order valence-electron chi connectivity index (χ0n) is 16.8. The number of carbonyl (C=O) groups is 1. The molecule has 3 aromatic heterocycles. The molecular formula is C21H20N6O4. The third-order valence-corrected chi connectivity index (χ3v) is 5.76. The fourth-order valence-corrected chi connectivity index (χ4v) is 4.09. The lowest BCUT2D eigenvalue weighted by Crippen LogP contribution is -2.37. The first-order valence-corrected chi connectivity index (χ1v) is 10.00. The number of nitrogens with one attached hydrogen (secondary N) is 1. The van der Waals surface area contributed by atoms with E-state index < -0.39 is 6.09 Å². The van der Waals surface area contributed by atoms with Crippen LogP contribution in [0.3, 0.4) is 0 Å². The summed E-state index contributed by atoms with van der Waals surface area (Å²) in [4.78, 5) is 32.3. The molecule has 0 bridgehead atoms. The van der Waals surface area contributed by atoms with Crippen LogP contribution in [0, 0.1) is 6.92 Å². The number of amides is 1. The number of likely N-dealkylation sites (tertiary alicyclic amines) is 1. The van der Waals surface area contributed by atoms with Gasteiger partial charge in [0.1, 0.15) is 5.65 Å². The third kappa shape index (κ3) is 3.35. The minimum atomic E-state index is -0.919. The smallest absolute Gasteiger partial charge is 0.407 e. The molecule has 4 aromatic rings. The predicted octanol–water partition coefficient (Wildman–Crippen LogP) is 2.91. The summed E-state index contributed by atoms with van der Waals surface area (Å²) in [6.45, 7) is 2.81. The van der Waals surface area contributed by atoms with Crippen molar-refractivity contribution < 1.29 is 14.4 Å². The fourth-order valence-electron chi connectivity index (χ4n) is 4.09. The van der Waals surface area contributed by atoms with Gasteiger partial charge in [-0.05, 0) is 31.4 Å². The van der Waals surface area contributed by atoms with Crippen molar-refractivity contribution in [3.63, 3.8) is 0 Å². The molecule has 2 N–H and O–H groups in total. The summed E-state index contributed by atoms with van der Waals surface area (Å²) in [5.74, 6) is 0.759. The van der Waals surface area contributed by atoms with Crippen molar-refractivity contribution in [2.45, 2.75) is 25.7 Å². The van der Waals surface area contributed by atoms with E-state index in [1.807, 2.05) is 31.2 Å². The number of piperidine rings is 1. The van der Waals surface area contributed by atoms with E-state index in [9.17, 15) is 14.7 Å². The maximum Gasteiger partial charge on any atom is 0.407 e. The number of rotatable bonds is 3. The molecule has 1 saturated heterocycles. The number of aromatic nitrogens is 5. The van der Waals surface area contributed by atoms with Crippen molar-refractivity contribution in [2.24, 2.45) is 0 Å². The van der Waals surface area contributed by atoms with Gasteiger partial charge in [-0.15, -0.1) is 0 Å². The highest BCUT2D eigenvalue weighted by Crippen LogP contribution is 2.30. The van der Waals surface area contributed by atoms with Gasteiger partial charge in [0.15, 0.2) is 0 Å². The molecule has 0 radical (unpaired) electrons. The standard InChI is InChI=1S/C21H20N6O4/c1-12-4-2-3-5-14(12)20-24-18(25-31-20)15-11-22-27-16(10-17(28)23-19(15)27)13-6-8-26(9-7-13)21(29)30/h2-5,10-11,13H,6-9H2,1H3,(H,23,28)(H,29,30). The van der Waals surface area contributed by atoms with Crippen LogP contribution in [0.2, 0.25) is 0 Å². The van der Waals surface area contributed by atoms with Crippen LogP contribution in [0.25, 0.3) is 28.5 Å². The molecule has 0 spiro atoms. The molecule has 5 rings (SSSR count). The van der Waals surface area contributed by atoms with Crippen LogP contribution in [0.4, 0.5) is 4.79 Å². The monoisotopic (exact) mass is 420 g/mol. The molecule has 1 fully saturated rings. The number of aromatic amines is 1. The average Bonchev–Trinajstić information content (AvgIpc) is 3.40. The number of hydrogen-bond donors (Lipinski definition) is 2. The molecule has 1 aliphatic rings. The zero-order valence-corrected chi connectivity index (χ0v) is 16.8. The Balaban J connectivity index is 1.52. The van der Waals surface area contributed by atoms with E-state index in [2.05, 4.69) is 20.2 Å². The molecule has 0 unspecified atom stereocenters. The van der Waals surface area contributed by atoms with Gasteiger partial charge in [0.2, 0.25) is 5.82 Å². The van der Waals surface area contributed by atoms with Crippen molar-refractivity contribution in [3.8, 4) is 22.8 Å². The van der Waals surface area contributed by atoms with E-state index in [0.29, 0.717) is 48.9 Å². The second-order valence-corrected chi connectivity index (χ2v) is 7.66. The van der Waals surface area contributed by atoms with Gasteiger partial charge >= 0.3 is 6.09 Å². The van der Waals surface area contributed by atoms with Gasteiger partial charge in [0.25, 0.3) is 11.4 Å². The summed E-state index contributed by atoms with van der Waals surface area (Å²) >= 11 is 0. The summed E-state index contributed by atoms with van der Waals surface area (Å²) in [5.41, 5.74) is 3.40. The van der Waals surface area contributed by atoms with E-state index in [0.717, 1.165) is 16.8 Å². The second-order valence-electron chi connectivity index (χ2n) is 7.66. The lowest BCUT2D eigenvalue weighted by molar-refractivity contribution is 0.131. The molecule has 1 aliphatic heterocycles. The molecular weight excluding hydrogens is 400 g/mol. The maximum atomic E-state index is 12.4. The number of H-pyrrole nitrogens is 1. The largest absolute Gasteiger partial charge is 0.465 e. The van der Waals surface area contributed by atoms with Crippen molar-refractivity contribution in [2.75, 3.05) is 13.1 Å². The first kappa shape index (κ1) is 19.0. The number of fused-ring (bicyclic) bond motifs is 1. The van der Waals surface area contributed by atoms with Crippen LogP contribution in [-0.4, -0.2) is 53.9 Å². The Labute approximate surface area is 176 Å². The van der Waals surface area contributed by atoms with Gasteiger partial charge in [-0.2, -0.15) is 10.1 Å². The van der Waals surface area contributed by atoms with Crippen LogP contribution in [-0.2, 0) is 0 Å². The number of hydrogen-bond acceptors (Lipinski definition) is 6. The Hall–Kier alpha value is -3.95. The Bertz CT molecular complexity index is 1330. The highest BCUT2D eigenvalue weighted by molar-refractivity contribution is 5.73. The molecule has 1 aromatic carbocycles. The summed E-state index contributed by atoms with van der Waals surface area (Å²) in [6.07, 6.45) is 1.94. The van der Waals surface area contributed by atoms with Gasteiger partial charge in [0, 0.05) is 30.6 Å². The highest BCUT2D eigenvalue weighted by atomic mass is 16.5. The molecule has 31 heavy (non-hydrogen) atoms. The van der Waals surface area contributed by atoms with Gasteiger partial charge in [0.05, 0.1) is 17.5 Å². The van der Waals surface area contributed by atoms with Crippen LogP contribution in [0.1, 0.15) is 30.0 Å². The van der Waals surface area contributed by atoms with E-state index in [-0.39, 0.29) is 11.5 Å². The molecule has 158 valence electrons. The molecule has 4 heterocycles. The molecule has 0 saturated carbocycles. The fraction of sp³-hybridized carbons (Fsp3) is 0.286. The minimum absolute atomic E-state index is 0.0287. The normalized spacial score (nSPS) is 14.9. The minimum Gasteiger partial charge on any atom is -0.465 e. The number of nitrogens with zero attached hydrogens (tertiary/aromatic N) is 5. The first-order chi connectivity index (χ1) is 15.0. The number of benzene rings is 1. The Morgan fingerprint density at radius 2 is 2.00 bits per heavy atom. The van der Waals surface area contributed by atoms with Gasteiger partial charge < -0.3 is 19.5 Å². The molecule has 1 amide bonds. The SMILES string of the molecule is Cc1ccccc1-c1nc(-c2cnn3c(C4CCN(C(=O)O)CC4)cc(=O)[nH]c23)no1. The average molecular weight is 420 g/mol. The van der Waals surface area contributed by atoms with Gasteiger partial charge in [-0.3, -0.25) is 4.79 Å². The molecule has 10 nitrogen and oxygen atoms in total. The second kappa shape index (κ2) is 7.38. The van der Waals surface area contributed by atoms with Crippen molar-refractivity contribution in [3.05, 3.63) is 58.1 Å². The Morgan fingerprint density at radius 3 is 2.74 bits per heavy atom. The summed E-state index contributed by atoms with van der Waals surface area (Å²) in [5, 5.41) is 17.7. The van der Waals surface area contributed by atoms with Crippen LogP contribution in [0.5, 0.6) is 0 Å². The van der Waals surface area contributed by atoms with Crippen molar-refractivity contribution in [1.29, 1.82) is 0 Å². The summed E-state index contributed by atoms with van der Waals surface area (Å²) in [7, 11) is 0. The Kier molecular flexibility index (Phi) is 4.54. The van der Waals surface area contributed by atoms with Crippen LogP contribution >= 0.6 is 0 Å². The lowest BCUT2D eigenvalue weighted by Gasteiger charge is -2.30. The topological polar surface area (TPSA) is 130 Å². The number of aryl methyl sites for hydroxylation is 1. The van der Waals surface area contributed by atoms with E-state index in [1.54, 1.807) is 10.7 Å². The van der Waals surface area contributed by atoms with Gasteiger partial charge in [-0.25, -0.2) is 9.31 Å². The quantitative estimate of drug-likeness (QED) is 0.521. The third-order valence-electron chi connectivity index (χ3n) is 5.76. The molecule has 10 heteroatoms. The maximum absolute atomic E-state index is 12.4. The summed E-state index contributed by atoms with van der Waals surface area (Å²) < 4.78 is 7.15.